The summed E-state index contributed by atoms with van der Waals surface area (Å²) in [6.45, 7) is 3.60. The molecule has 0 aliphatic carbocycles. The number of aromatic amines is 1. The molecule has 1 aromatic carbocycles. The Labute approximate surface area is 178 Å². The van der Waals surface area contributed by atoms with Gasteiger partial charge in [-0.2, -0.15) is 5.26 Å². The summed E-state index contributed by atoms with van der Waals surface area (Å²) >= 11 is 0. The van der Waals surface area contributed by atoms with E-state index < -0.39 is 11.4 Å². The number of hydrogen-bond donors (Lipinski definition) is 2. The first kappa shape index (κ1) is 21.7. The van der Waals surface area contributed by atoms with Crippen molar-refractivity contribution in [3.8, 4) is 17.6 Å². The molecule has 1 amide bonds. The molecule has 0 bridgehead atoms. The fourth-order valence-corrected chi connectivity index (χ4v) is 3.22. The van der Waals surface area contributed by atoms with Crippen molar-refractivity contribution in [2.45, 2.75) is 33.2 Å². The van der Waals surface area contributed by atoms with Crippen LogP contribution in [-0.2, 0) is 17.8 Å². The number of nitrogens with one attached hydrogen (secondary N) is 2. The molecule has 3 aromatic rings. The Bertz CT molecular complexity index is 1200. The summed E-state index contributed by atoms with van der Waals surface area (Å²) < 4.78 is 19.8. The van der Waals surface area contributed by atoms with Gasteiger partial charge in [0, 0.05) is 24.9 Å². The molecule has 2 N–H and O–H groups in total. The van der Waals surface area contributed by atoms with Gasteiger partial charge in [0.25, 0.3) is 5.56 Å². The Morgan fingerprint density at radius 2 is 2.13 bits per heavy atom. The molecule has 8 heteroatoms. The van der Waals surface area contributed by atoms with E-state index in [-0.39, 0.29) is 30.2 Å². The lowest BCUT2D eigenvalue weighted by Gasteiger charge is -2.11. The van der Waals surface area contributed by atoms with Crippen LogP contribution in [0.15, 0.2) is 47.5 Å². The molecule has 7 nitrogen and oxygen atoms in total. The van der Waals surface area contributed by atoms with E-state index in [2.05, 4.69) is 15.3 Å². The molecular formula is C23H21FN4O3. The molecule has 2 heterocycles. The molecule has 0 saturated carbocycles. The highest BCUT2D eigenvalue weighted by Crippen LogP contribution is 2.24. The zero-order chi connectivity index (χ0) is 22.4. The smallest absolute Gasteiger partial charge is 0.266 e. The van der Waals surface area contributed by atoms with Gasteiger partial charge in [0.1, 0.15) is 17.4 Å². The van der Waals surface area contributed by atoms with Crippen LogP contribution in [0.2, 0.25) is 0 Å². The number of nitriles is 1. The van der Waals surface area contributed by atoms with E-state index in [9.17, 15) is 14.0 Å². The fourth-order valence-electron chi connectivity index (χ4n) is 3.22. The number of carbonyl (C=O) groups excluding carboxylic acids is 1. The van der Waals surface area contributed by atoms with Gasteiger partial charge in [-0.05, 0) is 61.2 Å². The first-order valence-corrected chi connectivity index (χ1v) is 9.64. The van der Waals surface area contributed by atoms with Gasteiger partial charge in [-0.1, -0.05) is 6.07 Å². The van der Waals surface area contributed by atoms with Gasteiger partial charge in [-0.25, -0.2) is 4.39 Å². The molecule has 2 aromatic heterocycles. The van der Waals surface area contributed by atoms with Crippen molar-refractivity contribution in [2.24, 2.45) is 0 Å². The lowest BCUT2D eigenvalue weighted by Crippen LogP contribution is -2.24. The second kappa shape index (κ2) is 9.67. The lowest BCUT2D eigenvalue weighted by molar-refractivity contribution is -0.121. The molecule has 0 atom stereocenters. The SMILES string of the molecule is Cc1[nH]c(=O)c(C#N)c(C)c1CCC(=O)NCc1ccc(Oc2cccnc2)c(F)c1. The zero-order valence-corrected chi connectivity index (χ0v) is 17.2. The number of halogens is 1. The Balaban J connectivity index is 1.57. The maximum Gasteiger partial charge on any atom is 0.266 e. The Kier molecular flexibility index (Phi) is 6.78. The van der Waals surface area contributed by atoms with Crippen molar-refractivity contribution in [1.29, 1.82) is 5.26 Å². The number of ether oxygens (including phenoxy) is 1. The second-order valence-corrected chi connectivity index (χ2v) is 7.00. The topological polar surface area (TPSA) is 108 Å². The largest absolute Gasteiger partial charge is 0.453 e. The van der Waals surface area contributed by atoms with Gasteiger partial charge >= 0.3 is 0 Å². The van der Waals surface area contributed by atoms with E-state index >= 15 is 0 Å². The summed E-state index contributed by atoms with van der Waals surface area (Å²) in [5.41, 5.74) is 2.22. The summed E-state index contributed by atoms with van der Waals surface area (Å²) in [5.74, 6) is -0.269. The van der Waals surface area contributed by atoms with E-state index in [1.165, 1.54) is 18.3 Å². The van der Waals surface area contributed by atoms with E-state index in [0.29, 0.717) is 29.0 Å². The normalized spacial score (nSPS) is 10.4. The highest BCUT2D eigenvalue weighted by molar-refractivity contribution is 5.76. The number of pyridine rings is 2. The minimum absolute atomic E-state index is 0.0603. The van der Waals surface area contributed by atoms with Gasteiger partial charge in [-0.15, -0.1) is 0 Å². The molecular weight excluding hydrogens is 399 g/mol. The van der Waals surface area contributed by atoms with Gasteiger partial charge in [0.05, 0.1) is 6.20 Å². The predicted octanol–water partition coefficient (Wildman–Crippen LogP) is 3.44. The number of hydrogen-bond acceptors (Lipinski definition) is 5. The van der Waals surface area contributed by atoms with Crippen LogP contribution in [0.4, 0.5) is 4.39 Å². The van der Waals surface area contributed by atoms with Crippen molar-refractivity contribution < 1.29 is 13.9 Å². The van der Waals surface area contributed by atoms with Crippen LogP contribution < -0.4 is 15.6 Å². The summed E-state index contributed by atoms with van der Waals surface area (Å²) in [4.78, 5) is 30.6. The Morgan fingerprint density at radius 3 is 2.81 bits per heavy atom. The van der Waals surface area contributed by atoms with E-state index in [4.69, 9.17) is 10.00 Å². The molecule has 0 aliphatic heterocycles. The molecule has 0 saturated heterocycles. The van der Waals surface area contributed by atoms with Crippen LogP contribution in [0, 0.1) is 31.0 Å². The van der Waals surface area contributed by atoms with Crippen LogP contribution >= 0.6 is 0 Å². The molecule has 0 unspecified atom stereocenters. The maximum atomic E-state index is 14.3. The molecule has 3 rings (SSSR count). The van der Waals surface area contributed by atoms with Crippen LogP contribution in [0.3, 0.4) is 0 Å². The molecule has 158 valence electrons. The van der Waals surface area contributed by atoms with Crippen LogP contribution in [0.1, 0.15) is 34.4 Å². The third-order valence-corrected chi connectivity index (χ3v) is 4.87. The molecule has 0 spiro atoms. The highest BCUT2D eigenvalue weighted by Gasteiger charge is 2.13. The minimum atomic E-state index is -0.542. The molecule has 31 heavy (non-hydrogen) atoms. The number of amides is 1. The second-order valence-electron chi connectivity index (χ2n) is 7.00. The van der Waals surface area contributed by atoms with E-state index in [1.807, 2.05) is 6.07 Å². The van der Waals surface area contributed by atoms with Gasteiger partial charge < -0.3 is 15.0 Å². The summed E-state index contributed by atoms with van der Waals surface area (Å²) in [6, 6.07) is 9.74. The molecule has 0 radical (unpaired) electrons. The van der Waals surface area contributed by atoms with Crippen molar-refractivity contribution in [1.82, 2.24) is 15.3 Å². The number of benzene rings is 1. The Hall–Kier alpha value is -3.99. The van der Waals surface area contributed by atoms with Crippen molar-refractivity contribution in [3.05, 3.63) is 86.8 Å². The first-order chi connectivity index (χ1) is 14.9. The van der Waals surface area contributed by atoms with Gasteiger partial charge in [0.2, 0.25) is 5.91 Å². The van der Waals surface area contributed by atoms with Crippen LogP contribution in [0.5, 0.6) is 11.5 Å². The average molecular weight is 420 g/mol. The average Bonchev–Trinajstić information content (AvgIpc) is 2.74. The van der Waals surface area contributed by atoms with E-state index in [1.54, 1.807) is 38.2 Å². The third-order valence-electron chi connectivity index (χ3n) is 4.87. The van der Waals surface area contributed by atoms with Crippen LogP contribution in [0.25, 0.3) is 0 Å². The summed E-state index contributed by atoms with van der Waals surface area (Å²) in [5, 5.41) is 11.9. The minimum Gasteiger partial charge on any atom is -0.453 e. The third kappa shape index (κ3) is 5.34. The number of aromatic nitrogens is 2. The predicted molar refractivity (Wildman–Crippen MR) is 112 cm³/mol. The first-order valence-electron chi connectivity index (χ1n) is 9.64. The Morgan fingerprint density at radius 1 is 1.32 bits per heavy atom. The molecule has 0 aliphatic rings. The van der Waals surface area contributed by atoms with Gasteiger partial charge in [-0.3, -0.25) is 14.6 Å². The van der Waals surface area contributed by atoms with E-state index in [0.717, 1.165) is 5.56 Å². The maximum absolute atomic E-state index is 14.3. The van der Waals surface area contributed by atoms with Crippen LogP contribution in [-0.4, -0.2) is 15.9 Å². The van der Waals surface area contributed by atoms with Gasteiger partial charge in [0.15, 0.2) is 11.6 Å². The highest BCUT2D eigenvalue weighted by atomic mass is 19.1. The monoisotopic (exact) mass is 420 g/mol. The number of rotatable bonds is 7. The number of carbonyl (C=O) groups is 1. The fraction of sp³-hybridized carbons (Fsp3) is 0.217. The molecule has 0 fully saturated rings. The number of nitrogens with zero attached hydrogens (tertiary/aromatic N) is 2. The lowest BCUT2D eigenvalue weighted by atomic mass is 9.99. The van der Waals surface area contributed by atoms with Crippen molar-refractivity contribution in [3.63, 3.8) is 0 Å². The van der Waals surface area contributed by atoms with Crippen molar-refractivity contribution in [2.75, 3.05) is 0 Å². The quantitative estimate of drug-likeness (QED) is 0.609. The zero-order valence-electron chi connectivity index (χ0n) is 17.2. The summed E-state index contributed by atoms with van der Waals surface area (Å²) in [7, 11) is 0. The number of H-pyrrole nitrogens is 1. The summed E-state index contributed by atoms with van der Waals surface area (Å²) in [6.07, 6.45) is 3.63. The number of aryl methyl sites for hydroxylation is 1. The van der Waals surface area contributed by atoms with Crippen molar-refractivity contribution >= 4 is 5.91 Å². The standard InChI is InChI=1S/C23H21FN4O3/c1-14-18(15(2)28-23(30)19(14)11-25)6-8-22(29)27-12-16-5-7-21(20(24)10-16)31-17-4-3-9-26-13-17/h3-5,7,9-10,13H,6,8,12H2,1-2H3,(H,27,29)(H,28,30).